The summed E-state index contributed by atoms with van der Waals surface area (Å²) in [5.74, 6) is -0.321. The average molecular weight is 317 g/mol. The quantitative estimate of drug-likeness (QED) is 0.803. The summed E-state index contributed by atoms with van der Waals surface area (Å²) in [7, 11) is 0. The number of carbonyl (C=O) groups is 1. The van der Waals surface area contributed by atoms with E-state index in [0.29, 0.717) is 16.4 Å². The molecule has 6 nitrogen and oxygen atoms in total. The van der Waals surface area contributed by atoms with Crippen molar-refractivity contribution in [2.45, 2.75) is 6.92 Å². The Kier molecular flexibility index (Phi) is 3.93. The van der Waals surface area contributed by atoms with Gasteiger partial charge in [-0.25, -0.2) is 0 Å². The summed E-state index contributed by atoms with van der Waals surface area (Å²) in [5, 5.41) is 11.0. The second-order valence-corrected chi connectivity index (χ2v) is 5.14. The number of amides is 1. The SMILES string of the molecule is Cc1ccc(NC(=O)COc2nnc3ccccn23)c(Cl)c1. The summed E-state index contributed by atoms with van der Waals surface area (Å²) in [6, 6.07) is 11.1. The Morgan fingerprint density at radius 1 is 1.32 bits per heavy atom. The van der Waals surface area contributed by atoms with Gasteiger partial charge < -0.3 is 10.1 Å². The van der Waals surface area contributed by atoms with E-state index in [9.17, 15) is 4.79 Å². The highest BCUT2D eigenvalue weighted by atomic mass is 35.5. The van der Waals surface area contributed by atoms with Gasteiger partial charge in [-0.2, -0.15) is 0 Å². The summed E-state index contributed by atoms with van der Waals surface area (Å²) in [6.45, 7) is 1.75. The van der Waals surface area contributed by atoms with Crippen LogP contribution in [0.3, 0.4) is 0 Å². The largest absolute Gasteiger partial charge is 0.453 e. The van der Waals surface area contributed by atoms with E-state index < -0.39 is 0 Å². The molecule has 0 fully saturated rings. The van der Waals surface area contributed by atoms with Crippen molar-refractivity contribution in [3.05, 3.63) is 53.2 Å². The maximum Gasteiger partial charge on any atom is 0.322 e. The minimum atomic E-state index is -0.321. The van der Waals surface area contributed by atoms with Gasteiger partial charge >= 0.3 is 6.01 Å². The highest BCUT2D eigenvalue weighted by Gasteiger charge is 2.10. The molecule has 0 aliphatic carbocycles. The third kappa shape index (κ3) is 3.01. The van der Waals surface area contributed by atoms with Gasteiger partial charge in [-0.3, -0.25) is 9.20 Å². The highest BCUT2D eigenvalue weighted by Crippen LogP contribution is 2.22. The molecule has 1 aromatic carbocycles. The smallest absolute Gasteiger partial charge is 0.322 e. The van der Waals surface area contributed by atoms with Crippen molar-refractivity contribution in [3.8, 4) is 6.01 Å². The van der Waals surface area contributed by atoms with Crippen LogP contribution in [0.15, 0.2) is 42.6 Å². The second-order valence-electron chi connectivity index (χ2n) is 4.73. The van der Waals surface area contributed by atoms with Crippen LogP contribution in [0.2, 0.25) is 5.02 Å². The lowest BCUT2D eigenvalue weighted by Gasteiger charge is -2.08. The van der Waals surface area contributed by atoms with Crippen LogP contribution < -0.4 is 10.1 Å². The fourth-order valence-electron chi connectivity index (χ4n) is 1.96. The summed E-state index contributed by atoms with van der Waals surface area (Å²) in [4.78, 5) is 11.9. The molecular formula is C15H13ClN4O2. The molecule has 0 bridgehead atoms. The molecule has 1 amide bonds. The molecule has 3 aromatic rings. The molecule has 22 heavy (non-hydrogen) atoms. The van der Waals surface area contributed by atoms with Gasteiger partial charge in [0, 0.05) is 6.20 Å². The minimum absolute atomic E-state index is 0.181. The van der Waals surface area contributed by atoms with E-state index >= 15 is 0 Å². The first-order valence-electron chi connectivity index (χ1n) is 6.62. The number of ether oxygens (including phenoxy) is 1. The van der Waals surface area contributed by atoms with Crippen molar-refractivity contribution in [2.75, 3.05) is 11.9 Å². The van der Waals surface area contributed by atoms with Crippen LogP contribution in [0, 0.1) is 6.92 Å². The van der Waals surface area contributed by atoms with Crippen molar-refractivity contribution in [3.63, 3.8) is 0 Å². The minimum Gasteiger partial charge on any atom is -0.453 e. The van der Waals surface area contributed by atoms with Crippen LogP contribution in [0.4, 0.5) is 5.69 Å². The zero-order valence-corrected chi connectivity index (χ0v) is 12.5. The van der Waals surface area contributed by atoms with Gasteiger partial charge in [-0.1, -0.05) is 28.8 Å². The van der Waals surface area contributed by atoms with E-state index in [-0.39, 0.29) is 18.5 Å². The number of aryl methyl sites for hydroxylation is 1. The van der Waals surface area contributed by atoms with E-state index in [4.69, 9.17) is 16.3 Å². The maximum atomic E-state index is 11.9. The predicted molar refractivity (Wildman–Crippen MR) is 83.3 cm³/mol. The van der Waals surface area contributed by atoms with Gasteiger partial charge in [0.05, 0.1) is 10.7 Å². The number of hydrogen-bond acceptors (Lipinski definition) is 4. The van der Waals surface area contributed by atoms with Crippen molar-refractivity contribution in [2.24, 2.45) is 0 Å². The highest BCUT2D eigenvalue weighted by molar-refractivity contribution is 6.33. The van der Waals surface area contributed by atoms with Gasteiger partial charge in [0.1, 0.15) is 0 Å². The van der Waals surface area contributed by atoms with Gasteiger partial charge in [0.25, 0.3) is 5.91 Å². The standard InChI is InChI=1S/C15H13ClN4O2/c1-10-5-6-12(11(16)8-10)17-14(21)9-22-15-19-18-13-4-2-3-7-20(13)15/h2-8H,9H2,1H3,(H,17,21). The van der Waals surface area contributed by atoms with Gasteiger partial charge in [-0.05, 0) is 36.8 Å². The molecule has 1 N–H and O–H groups in total. The predicted octanol–water partition coefficient (Wildman–Crippen LogP) is 2.71. The molecular weight excluding hydrogens is 304 g/mol. The van der Waals surface area contributed by atoms with E-state index in [1.807, 2.05) is 25.1 Å². The molecule has 0 spiro atoms. The summed E-state index contributed by atoms with van der Waals surface area (Å²) in [6.07, 6.45) is 1.76. The number of anilines is 1. The number of pyridine rings is 1. The van der Waals surface area contributed by atoms with Crippen LogP contribution >= 0.6 is 11.6 Å². The van der Waals surface area contributed by atoms with E-state index in [1.165, 1.54) is 0 Å². The Hall–Kier alpha value is -2.60. The van der Waals surface area contributed by atoms with Gasteiger partial charge in [-0.15, -0.1) is 5.10 Å². The van der Waals surface area contributed by atoms with Crippen molar-refractivity contribution in [1.82, 2.24) is 14.6 Å². The first kappa shape index (κ1) is 14.3. The number of benzene rings is 1. The number of hydrogen-bond donors (Lipinski definition) is 1. The molecule has 7 heteroatoms. The lowest BCUT2D eigenvalue weighted by Crippen LogP contribution is -2.21. The molecule has 0 saturated carbocycles. The van der Waals surface area contributed by atoms with E-state index in [0.717, 1.165) is 5.56 Å². The second kappa shape index (κ2) is 6.03. The normalized spacial score (nSPS) is 10.6. The monoisotopic (exact) mass is 316 g/mol. The first-order valence-corrected chi connectivity index (χ1v) is 7.00. The van der Waals surface area contributed by atoms with E-state index in [1.54, 1.807) is 28.8 Å². The maximum absolute atomic E-state index is 11.9. The summed E-state index contributed by atoms with van der Waals surface area (Å²) in [5.41, 5.74) is 2.22. The molecule has 0 aliphatic heterocycles. The molecule has 2 heterocycles. The zero-order chi connectivity index (χ0) is 15.5. The Balaban J connectivity index is 1.65. The lowest BCUT2D eigenvalue weighted by atomic mass is 10.2. The van der Waals surface area contributed by atoms with Crippen LogP contribution in [-0.4, -0.2) is 27.1 Å². The van der Waals surface area contributed by atoms with Crippen LogP contribution in [-0.2, 0) is 4.79 Å². The van der Waals surface area contributed by atoms with E-state index in [2.05, 4.69) is 15.5 Å². The van der Waals surface area contributed by atoms with Crippen molar-refractivity contribution < 1.29 is 9.53 Å². The zero-order valence-electron chi connectivity index (χ0n) is 11.8. The first-order chi connectivity index (χ1) is 10.6. The molecule has 0 aliphatic rings. The number of carbonyl (C=O) groups excluding carboxylic acids is 1. The van der Waals surface area contributed by atoms with Crippen molar-refractivity contribution in [1.29, 1.82) is 0 Å². The average Bonchev–Trinajstić information content (AvgIpc) is 2.91. The number of fused-ring (bicyclic) bond motifs is 1. The van der Waals surface area contributed by atoms with Crippen molar-refractivity contribution >= 4 is 28.8 Å². The molecule has 3 rings (SSSR count). The molecule has 112 valence electrons. The van der Waals surface area contributed by atoms with Gasteiger partial charge in [0.15, 0.2) is 12.3 Å². The fourth-order valence-corrected chi connectivity index (χ4v) is 2.24. The topological polar surface area (TPSA) is 68.5 Å². The molecule has 0 atom stereocenters. The Morgan fingerprint density at radius 3 is 3.00 bits per heavy atom. The fraction of sp³-hybridized carbons (Fsp3) is 0.133. The summed E-state index contributed by atoms with van der Waals surface area (Å²) < 4.78 is 7.05. The molecule has 2 aromatic heterocycles. The third-order valence-corrected chi connectivity index (χ3v) is 3.33. The van der Waals surface area contributed by atoms with Gasteiger partial charge in [0.2, 0.25) is 0 Å². The van der Waals surface area contributed by atoms with Crippen LogP contribution in [0.5, 0.6) is 6.01 Å². The number of rotatable bonds is 4. The number of nitrogens with one attached hydrogen (secondary N) is 1. The number of aromatic nitrogens is 3. The number of halogens is 1. The Labute approximate surface area is 131 Å². The Morgan fingerprint density at radius 2 is 2.18 bits per heavy atom. The Bertz CT molecular complexity index is 831. The lowest BCUT2D eigenvalue weighted by molar-refractivity contribution is -0.118. The molecule has 0 unspecified atom stereocenters. The molecule has 0 saturated heterocycles. The third-order valence-electron chi connectivity index (χ3n) is 3.01. The number of nitrogens with zero attached hydrogens (tertiary/aromatic N) is 3. The van der Waals surface area contributed by atoms with Crippen LogP contribution in [0.25, 0.3) is 5.65 Å². The molecule has 0 radical (unpaired) electrons. The van der Waals surface area contributed by atoms with Crippen LogP contribution in [0.1, 0.15) is 5.56 Å². The summed E-state index contributed by atoms with van der Waals surface area (Å²) >= 11 is 6.07.